The van der Waals surface area contributed by atoms with Crippen LogP contribution in [-0.2, 0) is 21.9 Å². The van der Waals surface area contributed by atoms with Crippen molar-refractivity contribution in [3.63, 3.8) is 0 Å². The van der Waals surface area contributed by atoms with Crippen LogP contribution >= 0.6 is 0 Å². The molecule has 190 valence electrons. The lowest BCUT2D eigenvalue weighted by atomic mass is 9.94. The number of amides is 2. The Bertz CT molecular complexity index is 1480. The fourth-order valence-electron chi connectivity index (χ4n) is 3.56. The highest BCUT2D eigenvalue weighted by molar-refractivity contribution is 7.89. The van der Waals surface area contributed by atoms with Crippen LogP contribution in [-0.4, -0.2) is 41.9 Å². The van der Waals surface area contributed by atoms with Crippen molar-refractivity contribution in [2.24, 2.45) is 0 Å². The molecule has 3 heterocycles. The molecule has 3 aromatic heterocycles. The first-order valence-corrected chi connectivity index (χ1v) is 13.1. The first-order valence-electron chi connectivity index (χ1n) is 11.6. The summed E-state index contributed by atoms with van der Waals surface area (Å²) in [6.45, 7) is 8.56. The number of anilines is 1. The summed E-state index contributed by atoms with van der Waals surface area (Å²) in [7, 11) is -3.56. The Kier molecular flexibility index (Phi) is 7.14. The quantitative estimate of drug-likeness (QED) is 0.329. The van der Waals surface area contributed by atoms with Gasteiger partial charge in [-0.2, -0.15) is 0 Å². The van der Waals surface area contributed by atoms with Crippen molar-refractivity contribution in [2.45, 2.75) is 44.4 Å². The summed E-state index contributed by atoms with van der Waals surface area (Å²) in [5.41, 5.74) is 2.08. The van der Waals surface area contributed by atoms with E-state index >= 15 is 0 Å². The smallest absolute Gasteiger partial charge is 0.320 e. The molecule has 11 heteroatoms. The second-order valence-corrected chi connectivity index (χ2v) is 11.1. The highest BCUT2D eigenvalue weighted by Gasteiger charge is 2.19. The molecule has 0 radical (unpaired) electrons. The molecule has 0 saturated carbocycles. The van der Waals surface area contributed by atoms with Crippen LogP contribution in [0.5, 0.6) is 0 Å². The molecule has 3 N–H and O–H groups in total. The number of urea groups is 1. The van der Waals surface area contributed by atoms with Gasteiger partial charge in [-0.1, -0.05) is 39.8 Å². The average Bonchev–Trinajstić information content (AvgIpc) is 3.45. The number of carbonyl (C=O) groups excluding carboxylic acids is 1. The number of rotatable bonds is 8. The number of pyridine rings is 1. The average molecular weight is 511 g/mol. The van der Waals surface area contributed by atoms with E-state index in [4.69, 9.17) is 4.42 Å². The molecule has 0 bridgehead atoms. The molecule has 0 aliphatic heterocycles. The molecular formula is C25H30N6O4S. The number of benzene rings is 1. The van der Waals surface area contributed by atoms with Gasteiger partial charge in [0, 0.05) is 31.1 Å². The number of hydrogen-bond acceptors (Lipinski definition) is 6. The zero-order valence-electron chi connectivity index (χ0n) is 20.7. The van der Waals surface area contributed by atoms with Crippen LogP contribution < -0.4 is 15.4 Å². The van der Waals surface area contributed by atoms with Crippen molar-refractivity contribution in [1.29, 1.82) is 0 Å². The van der Waals surface area contributed by atoms with Crippen molar-refractivity contribution >= 4 is 27.5 Å². The van der Waals surface area contributed by atoms with Crippen LogP contribution in [0.4, 0.5) is 10.6 Å². The molecule has 1 aromatic carbocycles. The standard InChI is InChI=1S/C25H30N6O4S/c1-5-28-36(33,34)19-8-6-7-17(13-19)18-9-10-22-29-21(16-31(22)15-18)30-24(32)26-12-11-23-27-14-20(35-23)25(2,3)4/h6-10,13-16,28H,5,11-12H2,1-4H3,(H2,26,30,32). The number of sulfonamides is 1. The van der Waals surface area contributed by atoms with Gasteiger partial charge in [-0.3, -0.25) is 5.32 Å². The molecule has 0 saturated heterocycles. The summed E-state index contributed by atoms with van der Waals surface area (Å²) in [5.74, 6) is 1.76. The highest BCUT2D eigenvalue weighted by Crippen LogP contribution is 2.24. The summed E-state index contributed by atoms with van der Waals surface area (Å²) >= 11 is 0. The molecule has 0 unspecified atom stereocenters. The van der Waals surface area contributed by atoms with E-state index in [1.54, 1.807) is 48.0 Å². The van der Waals surface area contributed by atoms with E-state index in [2.05, 4.69) is 25.3 Å². The Morgan fingerprint density at radius 3 is 2.64 bits per heavy atom. The molecule has 10 nitrogen and oxygen atoms in total. The lowest BCUT2D eigenvalue weighted by Gasteiger charge is -2.13. The fourth-order valence-corrected chi connectivity index (χ4v) is 4.64. The monoisotopic (exact) mass is 510 g/mol. The second-order valence-electron chi connectivity index (χ2n) is 9.34. The number of imidazole rings is 1. The normalized spacial score (nSPS) is 12.1. The Labute approximate surface area is 210 Å². The summed E-state index contributed by atoms with van der Waals surface area (Å²) in [6.07, 6.45) is 5.72. The lowest BCUT2D eigenvalue weighted by Crippen LogP contribution is -2.30. The Morgan fingerprint density at radius 2 is 1.92 bits per heavy atom. The van der Waals surface area contributed by atoms with Crippen LogP contribution in [0, 0.1) is 0 Å². The first-order chi connectivity index (χ1) is 17.0. The number of nitrogens with one attached hydrogen (secondary N) is 3. The van der Waals surface area contributed by atoms with Crippen molar-refractivity contribution in [1.82, 2.24) is 24.4 Å². The summed E-state index contributed by atoms with van der Waals surface area (Å²) in [4.78, 5) is 21.2. The van der Waals surface area contributed by atoms with Crippen molar-refractivity contribution in [3.8, 4) is 11.1 Å². The third kappa shape index (κ3) is 5.92. The van der Waals surface area contributed by atoms with E-state index < -0.39 is 10.0 Å². The number of aromatic nitrogens is 3. The number of fused-ring (bicyclic) bond motifs is 1. The molecule has 2 amide bonds. The Balaban J connectivity index is 1.40. The van der Waals surface area contributed by atoms with E-state index in [1.807, 2.05) is 39.1 Å². The minimum Gasteiger partial charge on any atom is -0.445 e. The van der Waals surface area contributed by atoms with Crippen LogP contribution in [0.1, 0.15) is 39.3 Å². The van der Waals surface area contributed by atoms with Crippen LogP contribution in [0.25, 0.3) is 16.8 Å². The van der Waals surface area contributed by atoms with Gasteiger partial charge < -0.3 is 14.1 Å². The topological polar surface area (TPSA) is 131 Å². The number of hydrogen-bond donors (Lipinski definition) is 3. The highest BCUT2D eigenvalue weighted by atomic mass is 32.2. The Hall–Kier alpha value is -3.70. The number of carbonyl (C=O) groups is 1. The van der Waals surface area contributed by atoms with E-state index in [-0.39, 0.29) is 16.3 Å². The van der Waals surface area contributed by atoms with Crippen molar-refractivity contribution in [3.05, 3.63) is 66.6 Å². The van der Waals surface area contributed by atoms with Gasteiger partial charge in [0.25, 0.3) is 0 Å². The van der Waals surface area contributed by atoms with Gasteiger partial charge >= 0.3 is 6.03 Å². The lowest BCUT2D eigenvalue weighted by molar-refractivity contribution is 0.252. The zero-order valence-corrected chi connectivity index (χ0v) is 21.5. The maximum atomic E-state index is 12.3. The molecule has 0 fully saturated rings. The van der Waals surface area contributed by atoms with Crippen LogP contribution in [0.15, 0.2) is 64.3 Å². The predicted octanol–water partition coefficient (Wildman–Crippen LogP) is 3.95. The maximum absolute atomic E-state index is 12.3. The Morgan fingerprint density at radius 1 is 1.11 bits per heavy atom. The van der Waals surface area contributed by atoms with Gasteiger partial charge in [0.05, 0.1) is 17.3 Å². The predicted molar refractivity (Wildman–Crippen MR) is 137 cm³/mol. The SMILES string of the molecule is CCNS(=O)(=O)c1cccc(-c2ccc3nc(NC(=O)NCCc4ncc(C(C)(C)C)o4)cn3c2)c1. The largest absolute Gasteiger partial charge is 0.445 e. The summed E-state index contributed by atoms with van der Waals surface area (Å²) < 4.78 is 34.7. The maximum Gasteiger partial charge on any atom is 0.320 e. The third-order valence-electron chi connectivity index (χ3n) is 5.42. The molecular weight excluding hydrogens is 480 g/mol. The van der Waals surface area contributed by atoms with Crippen LogP contribution in [0.3, 0.4) is 0 Å². The van der Waals surface area contributed by atoms with Gasteiger partial charge in [0.15, 0.2) is 11.7 Å². The van der Waals surface area contributed by atoms with Gasteiger partial charge in [-0.25, -0.2) is 27.9 Å². The third-order valence-corrected chi connectivity index (χ3v) is 6.97. The molecule has 4 aromatic rings. The van der Waals surface area contributed by atoms with E-state index in [9.17, 15) is 13.2 Å². The first kappa shape index (κ1) is 25.4. The molecule has 36 heavy (non-hydrogen) atoms. The number of oxazole rings is 1. The minimum atomic E-state index is -3.56. The van der Waals surface area contributed by atoms with E-state index in [0.717, 1.165) is 16.9 Å². The van der Waals surface area contributed by atoms with Gasteiger partial charge in [0.2, 0.25) is 10.0 Å². The van der Waals surface area contributed by atoms with E-state index in [1.165, 1.54) is 0 Å². The summed E-state index contributed by atoms with van der Waals surface area (Å²) in [5, 5.41) is 5.51. The molecule has 0 aliphatic rings. The van der Waals surface area contributed by atoms with Crippen molar-refractivity contribution < 1.29 is 17.6 Å². The summed E-state index contributed by atoms with van der Waals surface area (Å²) in [6, 6.07) is 10.0. The van der Waals surface area contributed by atoms with Crippen molar-refractivity contribution in [2.75, 3.05) is 18.4 Å². The van der Waals surface area contributed by atoms with Crippen LogP contribution in [0.2, 0.25) is 0 Å². The second kappa shape index (κ2) is 10.1. The van der Waals surface area contributed by atoms with E-state index in [0.29, 0.717) is 36.9 Å². The van der Waals surface area contributed by atoms with Gasteiger partial charge in [0.1, 0.15) is 11.4 Å². The van der Waals surface area contributed by atoms with Gasteiger partial charge in [-0.15, -0.1) is 0 Å². The zero-order chi connectivity index (χ0) is 25.9. The molecule has 0 aliphatic carbocycles. The fraction of sp³-hybridized carbons (Fsp3) is 0.320. The molecule has 4 rings (SSSR count). The molecule has 0 spiro atoms. The van der Waals surface area contributed by atoms with Gasteiger partial charge in [-0.05, 0) is 35.4 Å². The molecule has 0 atom stereocenters. The number of nitrogens with zero attached hydrogens (tertiary/aromatic N) is 3. The minimum absolute atomic E-state index is 0.119.